The fourth-order valence-corrected chi connectivity index (χ4v) is 8.22. The summed E-state index contributed by atoms with van der Waals surface area (Å²) < 4.78 is 61.9. The van der Waals surface area contributed by atoms with Crippen LogP contribution in [0.2, 0.25) is 0 Å². The molecule has 1 fully saturated rings. The number of hydrogen-bond acceptors (Lipinski definition) is 19. The number of anilines is 1. The summed E-state index contributed by atoms with van der Waals surface area (Å²) in [5, 5.41) is 35.2. The van der Waals surface area contributed by atoms with Crippen LogP contribution in [0.1, 0.15) is 39.8 Å². The quantitative estimate of drug-likeness (QED) is 0.0501. The highest BCUT2D eigenvalue weighted by Gasteiger charge is 2.50. The monoisotopic (exact) mass is 853 g/mol. The Morgan fingerprint density at radius 1 is 1.06 bits per heavy atom. The lowest BCUT2D eigenvalue weighted by atomic mass is 9.87. The highest BCUT2D eigenvalue weighted by atomic mass is 32.2. The molecule has 25 nitrogen and oxygen atoms in total. The van der Waals surface area contributed by atoms with Gasteiger partial charge < -0.3 is 56.0 Å². The van der Waals surface area contributed by atoms with Gasteiger partial charge in [-0.05, 0) is 6.92 Å². The largest absolute Gasteiger partial charge is 0.481 e. The number of nitrogen functional groups attached to an aromatic ring is 1. The molecule has 0 aromatic carbocycles. The van der Waals surface area contributed by atoms with Crippen LogP contribution in [-0.2, 0) is 50.7 Å². The normalized spacial score (nSPS) is 22.6. The fourth-order valence-electron chi connectivity index (χ4n) is 4.60. The number of aliphatic hydroxyl groups is 3. The van der Waals surface area contributed by atoms with E-state index in [2.05, 4.69) is 34.4 Å². The lowest BCUT2D eigenvalue weighted by molar-refractivity contribution is -0.137. The number of nitrogens with one attached hydrogen (secondary N) is 2. The van der Waals surface area contributed by atoms with E-state index < -0.39 is 90.7 Å². The Morgan fingerprint density at radius 2 is 1.72 bits per heavy atom. The summed E-state index contributed by atoms with van der Waals surface area (Å²) in [5.41, 5.74) is 4.23. The van der Waals surface area contributed by atoms with Crippen LogP contribution in [0.15, 0.2) is 12.7 Å². The minimum absolute atomic E-state index is 0.0259. The Balaban J connectivity index is 1.51. The summed E-state index contributed by atoms with van der Waals surface area (Å²) in [6, 6.07) is 0. The first-order chi connectivity index (χ1) is 24.9. The molecule has 54 heavy (non-hydrogen) atoms. The van der Waals surface area contributed by atoms with Crippen LogP contribution in [0.5, 0.6) is 0 Å². The van der Waals surface area contributed by atoms with Crippen molar-refractivity contribution in [3.8, 4) is 0 Å². The van der Waals surface area contributed by atoms with Gasteiger partial charge in [0, 0.05) is 37.1 Å². The maximum absolute atomic E-state index is 12.6. The van der Waals surface area contributed by atoms with Crippen molar-refractivity contribution >= 4 is 69.1 Å². The van der Waals surface area contributed by atoms with Crippen molar-refractivity contribution in [1.29, 1.82) is 0 Å². The molecule has 3 rings (SSSR count). The fraction of sp³-hybridized carbons (Fsp3) is 0.680. The zero-order valence-corrected chi connectivity index (χ0v) is 32.3. The number of fused-ring (bicyclic) bond motifs is 1. The molecule has 1 aliphatic rings. The minimum Gasteiger partial charge on any atom is -0.393 e. The predicted octanol–water partition coefficient (Wildman–Crippen LogP) is -1.56. The van der Waals surface area contributed by atoms with E-state index in [1.54, 1.807) is 0 Å². The molecule has 2 aromatic heterocycles. The molecule has 0 bridgehead atoms. The van der Waals surface area contributed by atoms with Crippen molar-refractivity contribution < 1.29 is 85.6 Å². The number of phosphoric ester groups is 3. The standard InChI is InChI=1S/C25H42N7O18P3S/c1-13(33)8-16(35)54-7-6-27-15(34)4-5-28-23(38)20(37)25(2,3)10-47-53(44,45)50-52(42,43)46-9-14-19(49-51(39,40)41)18(36)24(48-14)32-12-31-17-21(26)29-11-30-22(17)32/h11-14,18-20,24,33,36-37H,4-10H2,1-3H3,(H,27,34)(H,28,38)(H,42,43)(H,44,45)(H2,26,29,30)(H2,39,40,41). The second kappa shape index (κ2) is 19.1. The van der Waals surface area contributed by atoms with Gasteiger partial charge in [-0.3, -0.25) is 32.5 Å². The summed E-state index contributed by atoms with van der Waals surface area (Å²) in [5.74, 6) is -1.25. The van der Waals surface area contributed by atoms with E-state index >= 15 is 0 Å². The highest BCUT2D eigenvalue weighted by molar-refractivity contribution is 8.13. The molecule has 306 valence electrons. The number of nitrogens with zero attached hydrogens (tertiary/aromatic N) is 4. The Kier molecular flexibility index (Phi) is 16.2. The Morgan fingerprint density at radius 3 is 2.37 bits per heavy atom. The summed E-state index contributed by atoms with van der Waals surface area (Å²) in [6.07, 6.45) is -7.79. The lowest BCUT2D eigenvalue weighted by Gasteiger charge is -2.30. The number of imidazole rings is 1. The number of aromatic nitrogens is 4. The molecule has 0 saturated carbocycles. The number of phosphoric acid groups is 3. The molecule has 0 spiro atoms. The highest BCUT2D eigenvalue weighted by Crippen LogP contribution is 2.61. The SMILES string of the molecule is CC(O)CC(=O)SCCNC(=O)CCNC(=O)C(O)C(C)(C)COP(=O)(O)OP(=O)(O)OCC1OC(n2cnc3c(N)ncnc32)C(O)C1OP(=O)(O)O. The zero-order chi connectivity index (χ0) is 40.6. The van der Waals surface area contributed by atoms with Crippen molar-refractivity contribution in [2.75, 3.05) is 37.8 Å². The van der Waals surface area contributed by atoms with E-state index in [1.807, 2.05) is 0 Å². The van der Waals surface area contributed by atoms with Gasteiger partial charge in [-0.2, -0.15) is 4.31 Å². The summed E-state index contributed by atoms with van der Waals surface area (Å²) >= 11 is 0.939. The maximum atomic E-state index is 12.6. The number of carbonyl (C=O) groups is 3. The van der Waals surface area contributed by atoms with Crippen molar-refractivity contribution in [3.63, 3.8) is 0 Å². The van der Waals surface area contributed by atoms with Crippen LogP contribution in [0, 0.1) is 5.41 Å². The molecule has 2 aromatic rings. The van der Waals surface area contributed by atoms with Gasteiger partial charge in [0.1, 0.15) is 36.3 Å². The van der Waals surface area contributed by atoms with E-state index in [-0.39, 0.29) is 53.8 Å². The smallest absolute Gasteiger partial charge is 0.393 e. The van der Waals surface area contributed by atoms with Gasteiger partial charge in [0.15, 0.2) is 22.8 Å². The molecule has 8 atom stereocenters. The van der Waals surface area contributed by atoms with Crippen LogP contribution >= 0.6 is 35.2 Å². The van der Waals surface area contributed by atoms with E-state index in [0.717, 1.165) is 29.0 Å². The minimum atomic E-state index is -5.57. The third-order valence-corrected chi connectivity index (χ3v) is 11.2. The molecule has 11 N–H and O–H groups in total. The van der Waals surface area contributed by atoms with E-state index in [9.17, 15) is 63.0 Å². The molecular formula is C25H42N7O18P3S. The van der Waals surface area contributed by atoms with E-state index in [4.69, 9.17) is 19.5 Å². The van der Waals surface area contributed by atoms with Gasteiger partial charge in [-0.15, -0.1) is 0 Å². The second-order valence-corrected chi connectivity index (χ2v) is 17.7. The Hall–Kier alpha value is -2.48. The first-order valence-corrected chi connectivity index (χ1v) is 21.1. The van der Waals surface area contributed by atoms with Crippen molar-refractivity contribution in [1.82, 2.24) is 30.2 Å². The number of aliphatic hydroxyl groups excluding tert-OH is 3. The molecule has 8 unspecified atom stereocenters. The average molecular weight is 854 g/mol. The van der Waals surface area contributed by atoms with Gasteiger partial charge in [0.05, 0.1) is 25.6 Å². The number of ether oxygens (including phenoxy) is 1. The average Bonchev–Trinajstić information content (AvgIpc) is 3.60. The molecule has 0 radical (unpaired) electrons. The van der Waals surface area contributed by atoms with Gasteiger partial charge in [-0.1, -0.05) is 25.6 Å². The van der Waals surface area contributed by atoms with Crippen molar-refractivity contribution in [2.45, 2.75) is 70.4 Å². The van der Waals surface area contributed by atoms with Crippen LogP contribution in [0.3, 0.4) is 0 Å². The topological polar surface area (TPSA) is 384 Å². The third-order valence-electron chi connectivity index (χ3n) is 7.23. The second-order valence-electron chi connectivity index (χ2n) is 12.3. The van der Waals surface area contributed by atoms with Gasteiger partial charge in [-0.25, -0.2) is 28.6 Å². The first kappa shape index (κ1) is 45.9. The number of rotatable bonds is 21. The van der Waals surface area contributed by atoms with Crippen LogP contribution in [0.25, 0.3) is 11.2 Å². The van der Waals surface area contributed by atoms with Gasteiger partial charge in [0.25, 0.3) is 0 Å². The summed E-state index contributed by atoms with van der Waals surface area (Å²) in [4.78, 5) is 86.9. The van der Waals surface area contributed by atoms with Crippen molar-refractivity contribution in [2.24, 2.45) is 5.41 Å². The van der Waals surface area contributed by atoms with Gasteiger partial charge >= 0.3 is 23.5 Å². The van der Waals surface area contributed by atoms with Crippen molar-refractivity contribution in [3.05, 3.63) is 12.7 Å². The molecule has 1 aliphatic heterocycles. The molecule has 1 saturated heterocycles. The zero-order valence-electron chi connectivity index (χ0n) is 28.8. The third kappa shape index (κ3) is 13.9. The number of thioether (sulfide) groups is 1. The van der Waals surface area contributed by atoms with E-state index in [0.29, 0.717) is 0 Å². The number of amides is 2. The number of nitrogens with two attached hydrogens (primary N) is 1. The van der Waals surface area contributed by atoms with E-state index in [1.165, 1.54) is 20.8 Å². The van der Waals surface area contributed by atoms with Gasteiger partial charge in [0.2, 0.25) is 11.8 Å². The molecule has 3 heterocycles. The summed E-state index contributed by atoms with van der Waals surface area (Å²) in [6.45, 7) is 1.83. The first-order valence-electron chi connectivity index (χ1n) is 15.6. The number of hydrogen-bond donors (Lipinski definition) is 10. The van der Waals surface area contributed by atoms with Crippen LogP contribution in [-0.4, -0.2) is 134 Å². The van der Waals surface area contributed by atoms with Crippen LogP contribution in [0.4, 0.5) is 5.82 Å². The Labute approximate surface area is 310 Å². The maximum Gasteiger partial charge on any atom is 0.481 e. The lowest BCUT2D eigenvalue weighted by Crippen LogP contribution is -2.46. The molecule has 2 amide bonds. The molecule has 29 heteroatoms. The summed E-state index contributed by atoms with van der Waals surface area (Å²) in [7, 11) is -16.4. The van der Waals surface area contributed by atoms with Crippen LogP contribution < -0.4 is 16.4 Å². The molecule has 0 aliphatic carbocycles. The predicted molar refractivity (Wildman–Crippen MR) is 183 cm³/mol. The molecular weight excluding hydrogens is 811 g/mol. The Bertz CT molecular complexity index is 1780. The number of carbonyl (C=O) groups excluding carboxylic acids is 3.